The van der Waals surface area contributed by atoms with Gasteiger partial charge in [0.05, 0.1) is 21.6 Å². The molecule has 0 saturated heterocycles. The van der Waals surface area contributed by atoms with Crippen LogP contribution < -0.4 is 5.32 Å². The van der Waals surface area contributed by atoms with Gasteiger partial charge in [0.1, 0.15) is 0 Å². The highest BCUT2D eigenvalue weighted by Crippen LogP contribution is 2.32. The second-order valence-corrected chi connectivity index (χ2v) is 9.76. The summed E-state index contributed by atoms with van der Waals surface area (Å²) in [4.78, 5) is 18.9. The predicted octanol–water partition coefficient (Wildman–Crippen LogP) is 6.34. The van der Waals surface area contributed by atoms with E-state index in [2.05, 4.69) is 37.2 Å². The van der Waals surface area contributed by atoms with Crippen molar-refractivity contribution in [2.45, 2.75) is 19.5 Å². The van der Waals surface area contributed by atoms with Crippen LogP contribution in [-0.2, 0) is 19.5 Å². The fourth-order valence-corrected chi connectivity index (χ4v) is 4.99. The van der Waals surface area contributed by atoms with Gasteiger partial charge in [-0.1, -0.05) is 18.2 Å². The maximum Gasteiger partial charge on any atom is 0.326 e. The van der Waals surface area contributed by atoms with E-state index in [1.54, 1.807) is 41.0 Å². The molecule has 3 heterocycles. The first-order chi connectivity index (χ1) is 18.4. The molecule has 2 aromatic carbocycles. The van der Waals surface area contributed by atoms with Gasteiger partial charge < -0.3 is 5.32 Å². The Bertz CT molecular complexity index is 1630. The summed E-state index contributed by atoms with van der Waals surface area (Å²) in [5.41, 5.74) is 3.68. The molecule has 1 aliphatic rings. The lowest BCUT2D eigenvalue weighted by Crippen LogP contribution is -2.34. The highest BCUT2D eigenvalue weighted by atomic mass is 79.9. The van der Waals surface area contributed by atoms with Crippen LogP contribution >= 0.6 is 28.3 Å². The average molecular weight is 617 g/mol. The molecule has 1 N–H and O–H groups in total. The van der Waals surface area contributed by atoms with E-state index in [1.807, 2.05) is 0 Å². The van der Waals surface area contributed by atoms with E-state index in [4.69, 9.17) is 0 Å². The van der Waals surface area contributed by atoms with Gasteiger partial charge >= 0.3 is 6.03 Å². The zero-order valence-corrected chi connectivity index (χ0v) is 22.8. The van der Waals surface area contributed by atoms with E-state index < -0.39 is 17.6 Å². The Morgan fingerprint density at radius 1 is 1.15 bits per heavy atom. The number of fused-ring (bicyclic) bond motifs is 3. The van der Waals surface area contributed by atoms with Crippen molar-refractivity contribution >= 4 is 51.3 Å². The third kappa shape index (κ3) is 5.86. The fourth-order valence-electron chi connectivity index (χ4n) is 4.68. The van der Waals surface area contributed by atoms with Gasteiger partial charge in [0, 0.05) is 55.4 Å². The summed E-state index contributed by atoms with van der Waals surface area (Å²) in [5.74, 6) is -2.46. The zero-order valence-electron chi connectivity index (χ0n) is 20.4. The average Bonchev–Trinajstić information content (AvgIpc) is 3.24. The molecule has 1 amide bonds. The minimum atomic E-state index is -0.928. The van der Waals surface area contributed by atoms with Gasteiger partial charge in [-0.25, -0.2) is 18.6 Å². The third-order valence-corrected chi connectivity index (χ3v) is 7.13. The number of benzene rings is 2. The Kier molecular flexibility index (Phi) is 8.75. The van der Waals surface area contributed by atoms with Gasteiger partial charge in [-0.15, -0.1) is 12.4 Å². The van der Waals surface area contributed by atoms with E-state index in [-0.39, 0.29) is 35.0 Å². The summed E-state index contributed by atoms with van der Waals surface area (Å²) in [6, 6.07) is 12.9. The van der Waals surface area contributed by atoms with Gasteiger partial charge in [0.15, 0.2) is 11.6 Å². The van der Waals surface area contributed by atoms with E-state index >= 15 is 0 Å². The van der Waals surface area contributed by atoms with Crippen LogP contribution in [-0.4, -0.2) is 33.6 Å². The van der Waals surface area contributed by atoms with Gasteiger partial charge in [-0.2, -0.15) is 9.65 Å². The molecular formula is C28H22BrClF3N5O. The van der Waals surface area contributed by atoms with Crippen molar-refractivity contribution in [3.8, 4) is 6.07 Å². The van der Waals surface area contributed by atoms with E-state index in [0.29, 0.717) is 42.7 Å². The molecule has 200 valence electrons. The highest BCUT2D eigenvalue weighted by Gasteiger charge is 2.26. The van der Waals surface area contributed by atoms with Crippen molar-refractivity contribution in [2.75, 3.05) is 13.1 Å². The molecule has 39 heavy (non-hydrogen) atoms. The lowest BCUT2D eigenvalue weighted by Gasteiger charge is -2.27. The topological polar surface area (TPSA) is 74.0 Å². The largest absolute Gasteiger partial charge is 0.333 e. The van der Waals surface area contributed by atoms with Crippen LogP contribution in [0.25, 0.3) is 17.0 Å². The molecule has 11 heteroatoms. The molecule has 5 rings (SSSR count). The quantitative estimate of drug-likeness (QED) is 0.210. The Hall–Kier alpha value is -3.65. The van der Waals surface area contributed by atoms with Gasteiger partial charge in [0.25, 0.3) is 0 Å². The lowest BCUT2D eigenvalue weighted by atomic mass is 10.0. The minimum absolute atomic E-state index is 0. The number of nitrogens with zero attached hydrogens (tertiary/aromatic N) is 4. The monoisotopic (exact) mass is 615 g/mol. The smallest absolute Gasteiger partial charge is 0.326 e. The second kappa shape index (κ2) is 12.0. The Morgan fingerprint density at radius 2 is 1.97 bits per heavy atom. The summed E-state index contributed by atoms with van der Waals surface area (Å²) in [6.07, 6.45) is 5.24. The summed E-state index contributed by atoms with van der Waals surface area (Å²) in [7, 11) is 0. The lowest BCUT2D eigenvalue weighted by molar-refractivity contribution is 0.240. The van der Waals surface area contributed by atoms with Crippen LogP contribution in [0.15, 0.2) is 59.2 Å². The van der Waals surface area contributed by atoms with Crippen LogP contribution in [0, 0.1) is 28.9 Å². The van der Waals surface area contributed by atoms with Crippen molar-refractivity contribution < 1.29 is 18.0 Å². The maximum absolute atomic E-state index is 14.2. The second-order valence-electron chi connectivity index (χ2n) is 8.90. The Balaban J connectivity index is 0.00000353. The number of amides is 1. The van der Waals surface area contributed by atoms with E-state index in [1.165, 1.54) is 24.4 Å². The number of carbonyl (C=O) groups excluding carboxylic acids is 1. The van der Waals surface area contributed by atoms with Gasteiger partial charge in [-0.05, 0) is 63.5 Å². The molecule has 0 fully saturated rings. The van der Waals surface area contributed by atoms with E-state index in [9.17, 15) is 23.2 Å². The number of nitrogens with one attached hydrogen (secondary N) is 1. The number of halogens is 5. The first kappa shape index (κ1) is 28.4. The fraction of sp³-hybridized carbons (Fsp3) is 0.179. The third-order valence-electron chi connectivity index (χ3n) is 6.52. The number of aromatic nitrogens is 2. The standard InChI is InChI=1S/C28H21BrF3N5O.ClH/c29-22-5-4-19(26(31)27(22)32)2-1-10-36-11-8-24-21(16-36)20-12-17(14-33)3-6-23(20)37(24)28(38)35-15-18-7-9-34-25(30)13-18;/h1-7,9,12-13H,8,10-11,15-16H2,(H,35,38);1H/b2-1+;. The number of pyridine rings is 1. The highest BCUT2D eigenvalue weighted by molar-refractivity contribution is 9.10. The zero-order chi connectivity index (χ0) is 26.8. The number of carbonyl (C=O) groups is 1. The first-order valence-electron chi connectivity index (χ1n) is 11.8. The van der Waals surface area contributed by atoms with Crippen molar-refractivity contribution in [1.82, 2.24) is 19.8 Å². The summed E-state index contributed by atoms with van der Waals surface area (Å²) >= 11 is 2.98. The van der Waals surface area contributed by atoms with E-state index in [0.717, 1.165) is 16.6 Å². The molecule has 6 nitrogen and oxygen atoms in total. The Morgan fingerprint density at radius 3 is 2.74 bits per heavy atom. The molecule has 0 saturated carbocycles. The molecule has 0 bridgehead atoms. The molecule has 0 unspecified atom stereocenters. The van der Waals surface area contributed by atoms with Crippen molar-refractivity contribution in [2.24, 2.45) is 0 Å². The molecular weight excluding hydrogens is 595 g/mol. The van der Waals surface area contributed by atoms with Crippen LogP contribution in [0.3, 0.4) is 0 Å². The van der Waals surface area contributed by atoms with Gasteiger partial charge in [0.2, 0.25) is 5.95 Å². The number of rotatable bonds is 5. The summed E-state index contributed by atoms with van der Waals surface area (Å²) < 4.78 is 43.2. The summed E-state index contributed by atoms with van der Waals surface area (Å²) in [6.45, 7) is 1.77. The molecule has 4 aromatic rings. The van der Waals surface area contributed by atoms with Crippen LogP contribution in [0.1, 0.15) is 27.9 Å². The van der Waals surface area contributed by atoms with Crippen LogP contribution in [0.2, 0.25) is 0 Å². The minimum Gasteiger partial charge on any atom is -0.333 e. The Labute approximate surface area is 237 Å². The van der Waals surface area contributed by atoms with Gasteiger partial charge in [-0.3, -0.25) is 9.47 Å². The number of hydrogen-bond donors (Lipinski definition) is 1. The SMILES string of the molecule is Cl.N#Cc1ccc2c(c1)c1c(n2C(=O)NCc2ccnc(F)c2)CCN(C/C=C/c2ccc(Br)c(F)c2F)C1. The molecule has 1 aliphatic heterocycles. The number of nitriles is 1. The molecule has 0 radical (unpaired) electrons. The molecule has 0 atom stereocenters. The van der Waals surface area contributed by atoms with Crippen LogP contribution in [0.5, 0.6) is 0 Å². The number of hydrogen-bond acceptors (Lipinski definition) is 4. The summed E-state index contributed by atoms with van der Waals surface area (Å²) in [5, 5.41) is 13.1. The normalized spacial score (nSPS) is 13.2. The van der Waals surface area contributed by atoms with Crippen LogP contribution in [0.4, 0.5) is 18.0 Å². The first-order valence-corrected chi connectivity index (χ1v) is 12.6. The molecule has 0 spiro atoms. The van der Waals surface area contributed by atoms with Crippen molar-refractivity contribution in [3.05, 3.63) is 105 Å². The maximum atomic E-state index is 14.2. The van der Waals surface area contributed by atoms with Crippen molar-refractivity contribution in [3.63, 3.8) is 0 Å². The predicted molar refractivity (Wildman–Crippen MR) is 148 cm³/mol. The molecule has 0 aliphatic carbocycles. The van der Waals surface area contributed by atoms with Crippen molar-refractivity contribution in [1.29, 1.82) is 5.26 Å². The molecule has 2 aromatic heterocycles.